The second-order valence-corrected chi connectivity index (χ2v) is 3.49. The second kappa shape index (κ2) is 5.86. The first-order valence-corrected chi connectivity index (χ1v) is 4.94. The Labute approximate surface area is 97.5 Å². The Morgan fingerprint density at radius 2 is 1.82 bits per heavy atom. The molecule has 0 fully saturated rings. The largest absolute Gasteiger partial charge is 0.508 e. The number of amides is 1. The summed E-state index contributed by atoms with van der Waals surface area (Å²) in [5, 5.41) is 28.7. The van der Waals surface area contributed by atoms with Crippen molar-refractivity contribution in [2.45, 2.75) is 12.5 Å². The molecule has 0 aliphatic heterocycles. The van der Waals surface area contributed by atoms with Crippen LogP contribution in [0.25, 0.3) is 0 Å². The number of rotatable bonds is 5. The highest BCUT2D eigenvalue weighted by Gasteiger charge is 2.19. The molecule has 0 radical (unpaired) electrons. The summed E-state index contributed by atoms with van der Waals surface area (Å²) in [6.07, 6.45) is 0.0847. The molecule has 0 bridgehead atoms. The predicted octanol–water partition coefficient (Wildman–Crippen LogP) is -0.504. The van der Waals surface area contributed by atoms with E-state index in [1.165, 1.54) is 12.1 Å². The van der Waals surface area contributed by atoms with Gasteiger partial charge < -0.3 is 20.6 Å². The van der Waals surface area contributed by atoms with Gasteiger partial charge in [-0.3, -0.25) is 4.79 Å². The summed E-state index contributed by atoms with van der Waals surface area (Å²) < 4.78 is 0. The number of carboxylic acid groups (broad SMARTS) is 1. The highest BCUT2D eigenvalue weighted by Crippen LogP contribution is 2.11. The van der Waals surface area contributed by atoms with Gasteiger partial charge in [0.1, 0.15) is 18.4 Å². The summed E-state index contributed by atoms with van der Waals surface area (Å²) in [6, 6.07) is 4.90. The molecule has 1 aromatic rings. The third kappa shape index (κ3) is 4.12. The van der Waals surface area contributed by atoms with E-state index in [1.807, 2.05) is 0 Å². The Kier molecular flexibility index (Phi) is 4.47. The molecule has 0 aliphatic rings. The zero-order valence-electron chi connectivity index (χ0n) is 8.96. The van der Waals surface area contributed by atoms with E-state index < -0.39 is 24.5 Å². The highest BCUT2D eigenvalue weighted by molar-refractivity contribution is 5.84. The van der Waals surface area contributed by atoms with Gasteiger partial charge in [0.2, 0.25) is 5.91 Å². The first-order valence-electron chi connectivity index (χ1n) is 4.94. The normalized spacial score (nSPS) is 11.8. The van der Waals surface area contributed by atoms with Crippen LogP contribution >= 0.6 is 0 Å². The van der Waals surface area contributed by atoms with Crippen molar-refractivity contribution in [3.63, 3.8) is 0 Å². The van der Waals surface area contributed by atoms with Gasteiger partial charge in [0.15, 0.2) is 0 Å². The molecule has 1 atom stereocenters. The van der Waals surface area contributed by atoms with Gasteiger partial charge in [0.05, 0.1) is 0 Å². The first-order chi connectivity index (χ1) is 8.02. The molecular weight excluding hydrogens is 226 g/mol. The van der Waals surface area contributed by atoms with Crippen molar-refractivity contribution in [3.8, 4) is 5.75 Å². The maximum absolute atomic E-state index is 10.9. The number of aliphatic hydroxyl groups is 1. The topological polar surface area (TPSA) is 107 Å². The standard InChI is InChI=1S/C11H13NO5/c13-6-10(15)12-9(11(16)17)5-7-1-3-8(14)4-2-7/h1-4,9,13-14H,5-6H2,(H,12,15)(H,16,17). The van der Waals surface area contributed by atoms with Crippen molar-refractivity contribution in [3.05, 3.63) is 29.8 Å². The number of phenolic OH excluding ortho intramolecular Hbond substituents is 1. The van der Waals surface area contributed by atoms with Crippen LogP contribution in [-0.4, -0.2) is 39.8 Å². The summed E-state index contributed by atoms with van der Waals surface area (Å²) >= 11 is 0. The van der Waals surface area contributed by atoms with Crippen LogP contribution in [0.4, 0.5) is 0 Å². The van der Waals surface area contributed by atoms with Gasteiger partial charge in [0, 0.05) is 6.42 Å². The van der Waals surface area contributed by atoms with E-state index in [2.05, 4.69) is 5.32 Å². The minimum Gasteiger partial charge on any atom is -0.508 e. The Morgan fingerprint density at radius 1 is 1.24 bits per heavy atom. The van der Waals surface area contributed by atoms with Crippen LogP contribution < -0.4 is 5.32 Å². The number of carbonyl (C=O) groups excluding carboxylic acids is 1. The molecule has 1 rings (SSSR count). The van der Waals surface area contributed by atoms with Gasteiger partial charge >= 0.3 is 5.97 Å². The molecule has 0 aromatic heterocycles. The maximum atomic E-state index is 10.9. The SMILES string of the molecule is O=C(CO)NC(Cc1ccc(O)cc1)C(=O)O. The Morgan fingerprint density at radius 3 is 2.29 bits per heavy atom. The van der Waals surface area contributed by atoms with E-state index >= 15 is 0 Å². The van der Waals surface area contributed by atoms with Crippen molar-refractivity contribution in [1.82, 2.24) is 5.32 Å². The number of hydrogen-bond donors (Lipinski definition) is 4. The van der Waals surface area contributed by atoms with E-state index in [-0.39, 0.29) is 12.2 Å². The summed E-state index contributed by atoms with van der Waals surface area (Å²) in [7, 11) is 0. The Hall–Kier alpha value is -2.08. The molecule has 17 heavy (non-hydrogen) atoms. The molecule has 6 heteroatoms. The van der Waals surface area contributed by atoms with Gasteiger partial charge in [0.25, 0.3) is 0 Å². The molecule has 0 aliphatic carbocycles. The maximum Gasteiger partial charge on any atom is 0.326 e. The molecule has 6 nitrogen and oxygen atoms in total. The minimum absolute atomic E-state index is 0.0834. The van der Waals surface area contributed by atoms with Gasteiger partial charge in [-0.05, 0) is 17.7 Å². The van der Waals surface area contributed by atoms with Gasteiger partial charge in [-0.2, -0.15) is 0 Å². The zero-order valence-corrected chi connectivity index (χ0v) is 8.96. The molecule has 0 saturated heterocycles. The number of carboxylic acids is 1. The highest BCUT2D eigenvalue weighted by atomic mass is 16.4. The van der Waals surface area contributed by atoms with Gasteiger partial charge in [-0.1, -0.05) is 12.1 Å². The van der Waals surface area contributed by atoms with Crippen LogP contribution in [0.2, 0.25) is 0 Å². The molecule has 0 saturated carbocycles. The lowest BCUT2D eigenvalue weighted by Gasteiger charge is -2.13. The first kappa shape index (κ1) is 13.0. The van der Waals surface area contributed by atoms with Crippen LogP contribution in [-0.2, 0) is 16.0 Å². The van der Waals surface area contributed by atoms with E-state index in [9.17, 15) is 9.59 Å². The number of hydrogen-bond acceptors (Lipinski definition) is 4. The average Bonchev–Trinajstić information content (AvgIpc) is 2.30. The summed E-state index contributed by atoms with van der Waals surface area (Å²) in [4.78, 5) is 21.8. The number of aromatic hydroxyl groups is 1. The van der Waals surface area contributed by atoms with Crippen LogP contribution in [0.1, 0.15) is 5.56 Å². The van der Waals surface area contributed by atoms with Gasteiger partial charge in [-0.15, -0.1) is 0 Å². The van der Waals surface area contributed by atoms with E-state index in [0.717, 1.165) is 0 Å². The number of aliphatic hydroxyl groups excluding tert-OH is 1. The summed E-state index contributed by atoms with van der Waals surface area (Å²) in [5.41, 5.74) is 0.661. The molecule has 1 amide bonds. The molecule has 1 aromatic carbocycles. The number of nitrogens with one attached hydrogen (secondary N) is 1. The minimum atomic E-state index is -1.18. The van der Waals surface area contributed by atoms with E-state index in [4.69, 9.17) is 15.3 Å². The molecule has 4 N–H and O–H groups in total. The van der Waals surface area contributed by atoms with Crippen molar-refractivity contribution >= 4 is 11.9 Å². The summed E-state index contributed by atoms with van der Waals surface area (Å²) in [5.74, 6) is -1.84. The fourth-order valence-corrected chi connectivity index (χ4v) is 1.31. The summed E-state index contributed by atoms with van der Waals surface area (Å²) in [6.45, 7) is -0.751. The molecular formula is C11H13NO5. The van der Waals surface area contributed by atoms with Crippen molar-refractivity contribution in [2.75, 3.05) is 6.61 Å². The Bertz CT molecular complexity index is 401. The predicted molar refractivity (Wildman–Crippen MR) is 58.5 cm³/mol. The van der Waals surface area contributed by atoms with E-state index in [0.29, 0.717) is 5.56 Å². The second-order valence-electron chi connectivity index (χ2n) is 3.49. The third-order valence-corrected chi connectivity index (χ3v) is 2.15. The van der Waals surface area contributed by atoms with Crippen LogP contribution in [0, 0.1) is 0 Å². The molecule has 0 spiro atoms. The van der Waals surface area contributed by atoms with Crippen LogP contribution in [0.15, 0.2) is 24.3 Å². The monoisotopic (exact) mass is 239 g/mol. The average molecular weight is 239 g/mol. The van der Waals surface area contributed by atoms with Crippen molar-refractivity contribution < 1.29 is 24.9 Å². The lowest BCUT2D eigenvalue weighted by Crippen LogP contribution is -2.43. The lowest BCUT2D eigenvalue weighted by molar-refractivity contribution is -0.142. The fourth-order valence-electron chi connectivity index (χ4n) is 1.31. The molecule has 1 unspecified atom stereocenters. The number of aliphatic carboxylic acids is 1. The zero-order chi connectivity index (χ0) is 12.8. The van der Waals surface area contributed by atoms with E-state index in [1.54, 1.807) is 12.1 Å². The Balaban J connectivity index is 2.70. The molecule has 0 heterocycles. The lowest BCUT2D eigenvalue weighted by atomic mass is 10.1. The third-order valence-electron chi connectivity index (χ3n) is 2.15. The smallest absolute Gasteiger partial charge is 0.326 e. The van der Waals surface area contributed by atoms with Gasteiger partial charge in [-0.25, -0.2) is 4.79 Å². The number of carbonyl (C=O) groups is 2. The molecule has 92 valence electrons. The van der Waals surface area contributed by atoms with Crippen LogP contribution in [0.5, 0.6) is 5.75 Å². The van der Waals surface area contributed by atoms with Crippen molar-refractivity contribution in [1.29, 1.82) is 0 Å². The number of benzene rings is 1. The quantitative estimate of drug-likeness (QED) is 0.554. The van der Waals surface area contributed by atoms with Crippen LogP contribution in [0.3, 0.4) is 0 Å². The fraction of sp³-hybridized carbons (Fsp3) is 0.273. The number of phenols is 1. The van der Waals surface area contributed by atoms with Crippen molar-refractivity contribution in [2.24, 2.45) is 0 Å².